The SMILES string of the molecule is COC1CCC(N(C)Cc2nnc(-c3ccc(F)cc3)o2)CC1. The monoisotopic (exact) mass is 319 g/mol. The maximum atomic E-state index is 13.0. The number of halogens is 1. The highest BCUT2D eigenvalue weighted by molar-refractivity contribution is 5.51. The molecule has 1 saturated carbocycles. The first-order valence-electron chi connectivity index (χ1n) is 7.97. The van der Waals surface area contributed by atoms with Crippen LogP contribution >= 0.6 is 0 Å². The van der Waals surface area contributed by atoms with Gasteiger partial charge in [-0.3, -0.25) is 4.90 Å². The normalized spacial score (nSPS) is 21.7. The van der Waals surface area contributed by atoms with Crippen molar-refractivity contribution >= 4 is 0 Å². The van der Waals surface area contributed by atoms with Crippen molar-refractivity contribution in [2.24, 2.45) is 0 Å². The van der Waals surface area contributed by atoms with Crippen LogP contribution in [0.4, 0.5) is 4.39 Å². The van der Waals surface area contributed by atoms with Crippen LogP contribution in [0.2, 0.25) is 0 Å². The van der Waals surface area contributed by atoms with Crippen LogP contribution in [-0.4, -0.2) is 41.4 Å². The Balaban J connectivity index is 1.59. The van der Waals surface area contributed by atoms with Gasteiger partial charge in [-0.05, 0) is 57.0 Å². The zero-order chi connectivity index (χ0) is 16.2. The predicted octanol–water partition coefficient (Wildman–Crippen LogP) is 3.27. The van der Waals surface area contributed by atoms with E-state index < -0.39 is 0 Å². The van der Waals surface area contributed by atoms with Crippen molar-refractivity contribution in [3.8, 4) is 11.5 Å². The summed E-state index contributed by atoms with van der Waals surface area (Å²) in [5.41, 5.74) is 0.730. The summed E-state index contributed by atoms with van der Waals surface area (Å²) in [6.07, 6.45) is 4.82. The number of nitrogens with zero attached hydrogens (tertiary/aromatic N) is 3. The van der Waals surface area contributed by atoms with Crippen LogP contribution in [0.15, 0.2) is 28.7 Å². The average molecular weight is 319 g/mol. The Bertz CT molecular complexity index is 621. The maximum absolute atomic E-state index is 13.0. The largest absolute Gasteiger partial charge is 0.419 e. The molecule has 0 saturated heterocycles. The number of benzene rings is 1. The minimum absolute atomic E-state index is 0.278. The standard InChI is InChI=1S/C17H22FN3O2/c1-21(14-7-9-15(22-2)10-8-14)11-16-19-20-17(23-16)12-3-5-13(18)6-4-12/h3-6,14-15H,7-11H2,1-2H3. The Kier molecular flexibility index (Phi) is 5.03. The van der Waals surface area contributed by atoms with E-state index in [0.29, 0.717) is 30.5 Å². The molecule has 1 aliphatic carbocycles. The maximum Gasteiger partial charge on any atom is 0.247 e. The van der Waals surface area contributed by atoms with Crippen molar-refractivity contribution in [2.45, 2.75) is 44.4 Å². The minimum atomic E-state index is -0.278. The molecule has 6 heteroatoms. The van der Waals surface area contributed by atoms with Gasteiger partial charge in [0.05, 0.1) is 12.6 Å². The second kappa shape index (κ2) is 7.19. The lowest BCUT2D eigenvalue weighted by molar-refractivity contribution is 0.0412. The Morgan fingerprint density at radius 1 is 1.17 bits per heavy atom. The van der Waals surface area contributed by atoms with Crippen LogP contribution in [0.3, 0.4) is 0 Å². The summed E-state index contributed by atoms with van der Waals surface area (Å²) in [6, 6.07) is 6.58. The van der Waals surface area contributed by atoms with Crippen molar-refractivity contribution in [2.75, 3.05) is 14.2 Å². The van der Waals surface area contributed by atoms with Gasteiger partial charge in [0.15, 0.2) is 0 Å². The Morgan fingerprint density at radius 2 is 1.87 bits per heavy atom. The average Bonchev–Trinajstić information content (AvgIpc) is 3.04. The van der Waals surface area contributed by atoms with E-state index in [4.69, 9.17) is 9.15 Å². The van der Waals surface area contributed by atoms with Crippen LogP contribution in [0, 0.1) is 5.82 Å². The van der Waals surface area contributed by atoms with Crippen LogP contribution in [-0.2, 0) is 11.3 Å². The van der Waals surface area contributed by atoms with Crippen molar-refractivity contribution in [3.05, 3.63) is 36.0 Å². The summed E-state index contributed by atoms with van der Waals surface area (Å²) in [5.74, 6) is 0.733. The fourth-order valence-corrected chi connectivity index (χ4v) is 3.09. The number of hydrogen-bond donors (Lipinski definition) is 0. The predicted molar refractivity (Wildman–Crippen MR) is 84.2 cm³/mol. The highest BCUT2D eigenvalue weighted by Crippen LogP contribution is 2.25. The van der Waals surface area contributed by atoms with Gasteiger partial charge in [-0.25, -0.2) is 4.39 Å². The van der Waals surface area contributed by atoms with Crippen LogP contribution in [0.5, 0.6) is 0 Å². The number of hydrogen-bond acceptors (Lipinski definition) is 5. The van der Waals surface area contributed by atoms with E-state index >= 15 is 0 Å². The summed E-state index contributed by atoms with van der Waals surface area (Å²) in [6.45, 7) is 0.622. The molecule has 124 valence electrons. The van der Waals surface area contributed by atoms with Gasteiger partial charge in [-0.2, -0.15) is 0 Å². The molecule has 1 aromatic heterocycles. The molecule has 0 N–H and O–H groups in total. The molecule has 0 bridgehead atoms. The lowest BCUT2D eigenvalue weighted by Crippen LogP contribution is -2.36. The molecule has 1 fully saturated rings. The second-order valence-corrected chi connectivity index (χ2v) is 6.09. The molecule has 0 atom stereocenters. The van der Waals surface area contributed by atoms with Gasteiger partial charge in [0.25, 0.3) is 0 Å². The quantitative estimate of drug-likeness (QED) is 0.846. The zero-order valence-corrected chi connectivity index (χ0v) is 13.5. The second-order valence-electron chi connectivity index (χ2n) is 6.09. The first kappa shape index (κ1) is 16.1. The molecule has 2 aromatic rings. The van der Waals surface area contributed by atoms with Crippen LogP contribution < -0.4 is 0 Å². The molecule has 0 unspecified atom stereocenters. The molecule has 1 aromatic carbocycles. The molecule has 3 rings (SSSR count). The van der Waals surface area contributed by atoms with Crippen molar-refractivity contribution < 1.29 is 13.5 Å². The van der Waals surface area contributed by atoms with Gasteiger partial charge in [0, 0.05) is 18.7 Å². The molecular weight excluding hydrogens is 297 g/mol. The Hall–Kier alpha value is -1.79. The van der Waals surface area contributed by atoms with E-state index in [1.807, 2.05) is 0 Å². The topological polar surface area (TPSA) is 51.4 Å². The van der Waals surface area contributed by atoms with E-state index in [1.54, 1.807) is 19.2 Å². The first-order valence-corrected chi connectivity index (χ1v) is 7.97. The van der Waals surface area contributed by atoms with Crippen LogP contribution in [0.25, 0.3) is 11.5 Å². The number of rotatable bonds is 5. The van der Waals surface area contributed by atoms with E-state index in [9.17, 15) is 4.39 Å². The van der Waals surface area contributed by atoms with E-state index in [-0.39, 0.29) is 5.82 Å². The van der Waals surface area contributed by atoms with E-state index in [1.165, 1.54) is 12.1 Å². The van der Waals surface area contributed by atoms with Gasteiger partial charge in [0.2, 0.25) is 11.8 Å². The molecule has 0 amide bonds. The smallest absolute Gasteiger partial charge is 0.247 e. The third-order valence-electron chi connectivity index (χ3n) is 4.54. The fourth-order valence-electron chi connectivity index (χ4n) is 3.09. The van der Waals surface area contributed by atoms with Crippen molar-refractivity contribution in [3.63, 3.8) is 0 Å². The first-order chi connectivity index (χ1) is 11.2. The molecule has 0 radical (unpaired) electrons. The summed E-state index contributed by atoms with van der Waals surface area (Å²) in [7, 11) is 3.86. The molecule has 23 heavy (non-hydrogen) atoms. The van der Waals surface area contributed by atoms with Crippen molar-refractivity contribution in [1.29, 1.82) is 0 Å². The lowest BCUT2D eigenvalue weighted by Gasteiger charge is -2.33. The highest BCUT2D eigenvalue weighted by Gasteiger charge is 2.24. The van der Waals surface area contributed by atoms with Gasteiger partial charge < -0.3 is 9.15 Å². The number of aromatic nitrogens is 2. The molecular formula is C17H22FN3O2. The highest BCUT2D eigenvalue weighted by atomic mass is 19.1. The summed E-state index contributed by atoms with van der Waals surface area (Å²) in [5, 5.41) is 8.16. The van der Waals surface area contributed by atoms with Crippen molar-refractivity contribution in [1.82, 2.24) is 15.1 Å². The zero-order valence-electron chi connectivity index (χ0n) is 13.5. The summed E-state index contributed by atoms with van der Waals surface area (Å²) < 4.78 is 24.1. The van der Waals surface area contributed by atoms with E-state index in [2.05, 4.69) is 22.1 Å². The minimum Gasteiger partial charge on any atom is -0.419 e. The summed E-state index contributed by atoms with van der Waals surface area (Å²) in [4.78, 5) is 2.26. The van der Waals surface area contributed by atoms with Crippen LogP contribution in [0.1, 0.15) is 31.6 Å². The number of methoxy groups -OCH3 is 1. The number of ether oxygens (including phenoxy) is 1. The third kappa shape index (κ3) is 3.95. The lowest BCUT2D eigenvalue weighted by atomic mass is 9.92. The molecule has 5 nitrogen and oxygen atoms in total. The van der Waals surface area contributed by atoms with E-state index in [0.717, 1.165) is 31.2 Å². The molecule has 0 aliphatic heterocycles. The van der Waals surface area contributed by atoms with Gasteiger partial charge in [-0.15, -0.1) is 10.2 Å². The summed E-state index contributed by atoms with van der Waals surface area (Å²) >= 11 is 0. The van der Waals surface area contributed by atoms with Gasteiger partial charge >= 0.3 is 0 Å². The van der Waals surface area contributed by atoms with Gasteiger partial charge in [-0.1, -0.05) is 0 Å². The molecule has 0 spiro atoms. The Morgan fingerprint density at radius 3 is 2.52 bits per heavy atom. The Labute approximate surface area is 135 Å². The fraction of sp³-hybridized carbons (Fsp3) is 0.529. The van der Waals surface area contributed by atoms with Gasteiger partial charge in [0.1, 0.15) is 5.82 Å². The molecule has 1 heterocycles. The molecule has 1 aliphatic rings. The third-order valence-corrected chi connectivity index (χ3v) is 4.54.